The smallest absolute Gasteiger partial charge is 0.418 e. The maximum atomic E-state index is 13.0. The maximum absolute atomic E-state index is 13.0. The summed E-state index contributed by atoms with van der Waals surface area (Å²) in [6.45, 7) is 11.2. The van der Waals surface area contributed by atoms with Crippen LogP contribution in [-0.4, -0.2) is 32.8 Å². The number of benzene rings is 1. The molecule has 0 aliphatic carbocycles. The Morgan fingerprint density at radius 3 is 1.92 bits per heavy atom. The largest absolute Gasteiger partial charge is 0.543 e. The lowest BCUT2D eigenvalue weighted by atomic mass is 10.0. The van der Waals surface area contributed by atoms with Crippen LogP contribution in [0.4, 0.5) is 13.2 Å². The molecule has 142 valence electrons. The van der Waals surface area contributed by atoms with Gasteiger partial charge < -0.3 is 14.3 Å². The van der Waals surface area contributed by atoms with E-state index in [1.165, 1.54) is 14.0 Å². The molecule has 1 N–H and O–H groups in total. The number of alkyl halides is 3. The molecule has 0 aromatic heterocycles. The van der Waals surface area contributed by atoms with Gasteiger partial charge in [0.1, 0.15) is 11.5 Å². The van der Waals surface area contributed by atoms with Crippen LogP contribution in [0.25, 0.3) is 5.76 Å². The van der Waals surface area contributed by atoms with Gasteiger partial charge in [-0.15, -0.1) is 0 Å². The fraction of sp³-hybridized carbons (Fsp3) is 0.556. The molecule has 0 aliphatic heterocycles. The maximum Gasteiger partial charge on any atom is 0.418 e. The molecule has 0 saturated carbocycles. The number of hydrogen-bond acceptors (Lipinski definition) is 3. The van der Waals surface area contributed by atoms with Crippen LogP contribution in [0, 0.1) is 0 Å². The number of hydrogen-bond donors (Lipinski definition) is 1. The minimum Gasteiger partial charge on any atom is -0.543 e. The van der Waals surface area contributed by atoms with Gasteiger partial charge in [0.2, 0.25) is 0 Å². The number of ether oxygens (including phenoxy) is 1. The molecule has 0 fully saturated rings. The van der Waals surface area contributed by atoms with Gasteiger partial charge >= 0.3 is 6.18 Å². The molecule has 7 heteroatoms. The molecule has 0 amide bonds. The van der Waals surface area contributed by atoms with E-state index in [0.717, 1.165) is 0 Å². The van der Waals surface area contributed by atoms with Crippen LogP contribution in [0.1, 0.15) is 33.3 Å². The summed E-state index contributed by atoms with van der Waals surface area (Å²) in [5, 5.41) is 9.51. The Morgan fingerprint density at radius 1 is 1.08 bits per heavy atom. The lowest BCUT2D eigenvalue weighted by molar-refractivity contribution is -0.191. The van der Waals surface area contributed by atoms with Gasteiger partial charge in [-0.2, -0.15) is 13.2 Å². The Hall–Kier alpha value is -1.47. The molecule has 0 heterocycles. The quantitative estimate of drug-likeness (QED) is 0.554. The van der Waals surface area contributed by atoms with Crippen LogP contribution in [0.3, 0.4) is 0 Å². The van der Waals surface area contributed by atoms with E-state index in [4.69, 9.17) is 9.16 Å². The summed E-state index contributed by atoms with van der Waals surface area (Å²) in [6, 6.07) is 6.57. The molecular formula is C18H27F3O3Si. The fourth-order valence-electron chi connectivity index (χ4n) is 1.89. The monoisotopic (exact) mass is 376 g/mol. The third-order valence-electron chi connectivity index (χ3n) is 4.59. The average molecular weight is 376 g/mol. The van der Waals surface area contributed by atoms with Gasteiger partial charge in [-0.1, -0.05) is 20.8 Å². The zero-order valence-electron chi connectivity index (χ0n) is 15.8. The lowest BCUT2D eigenvalue weighted by Crippen LogP contribution is -2.41. The van der Waals surface area contributed by atoms with Crippen LogP contribution in [0.2, 0.25) is 18.1 Å². The van der Waals surface area contributed by atoms with Crippen molar-refractivity contribution in [3.63, 3.8) is 0 Å². The van der Waals surface area contributed by atoms with Crippen molar-refractivity contribution in [3.8, 4) is 5.75 Å². The van der Waals surface area contributed by atoms with E-state index in [1.807, 2.05) is 33.9 Å². The zero-order valence-corrected chi connectivity index (χ0v) is 16.8. The number of aliphatic hydroxyl groups is 1. The second-order valence-corrected chi connectivity index (χ2v) is 12.3. The summed E-state index contributed by atoms with van der Waals surface area (Å²) in [5.74, 6) is 0.670. The molecule has 25 heavy (non-hydrogen) atoms. The first-order valence-corrected chi connectivity index (χ1v) is 10.9. The summed E-state index contributed by atoms with van der Waals surface area (Å²) in [7, 11) is -0.898. The summed E-state index contributed by atoms with van der Waals surface area (Å²) in [5.41, 5.74) is 0.230. The number of halogens is 3. The summed E-state index contributed by atoms with van der Waals surface area (Å²) in [4.78, 5) is 0. The van der Waals surface area contributed by atoms with E-state index in [2.05, 4.69) is 0 Å². The van der Waals surface area contributed by atoms with Crippen molar-refractivity contribution in [2.75, 3.05) is 7.11 Å². The predicted molar refractivity (Wildman–Crippen MR) is 95.9 cm³/mol. The van der Waals surface area contributed by atoms with Gasteiger partial charge in [0.15, 0.2) is 6.10 Å². The molecule has 1 rings (SSSR count). The van der Waals surface area contributed by atoms with Crippen molar-refractivity contribution < 1.29 is 27.4 Å². The highest BCUT2D eigenvalue weighted by molar-refractivity contribution is 6.74. The van der Waals surface area contributed by atoms with Crippen molar-refractivity contribution in [2.24, 2.45) is 0 Å². The number of aliphatic hydroxyl groups excluding tert-OH is 1. The number of rotatable bonds is 5. The predicted octanol–water partition coefficient (Wildman–Crippen LogP) is 5.37. The van der Waals surface area contributed by atoms with Gasteiger partial charge in [-0.3, -0.25) is 0 Å². The Balaban J connectivity index is 3.46. The highest BCUT2D eigenvalue weighted by atomic mass is 28.4. The number of methoxy groups -OCH3 is 1. The van der Waals surface area contributed by atoms with Gasteiger partial charge in [0.25, 0.3) is 8.32 Å². The molecule has 0 spiro atoms. The molecule has 3 nitrogen and oxygen atoms in total. The summed E-state index contributed by atoms with van der Waals surface area (Å²) >= 11 is 0. The van der Waals surface area contributed by atoms with E-state index in [9.17, 15) is 18.3 Å². The first-order chi connectivity index (χ1) is 11.2. The Bertz CT molecular complexity index is 614. The van der Waals surface area contributed by atoms with E-state index in [-0.39, 0.29) is 16.4 Å². The Labute approximate surface area is 148 Å². The van der Waals surface area contributed by atoms with Crippen LogP contribution >= 0.6 is 0 Å². The normalized spacial score (nSPS) is 15.5. The molecule has 1 aromatic rings. The van der Waals surface area contributed by atoms with Crippen molar-refractivity contribution in [1.82, 2.24) is 0 Å². The van der Waals surface area contributed by atoms with Crippen molar-refractivity contribution in [2.45, 2.75) is 58.1 Å². The third-order valence-corrected chi connectivity index (χ3v) is 8.92. The highest BCUT2D eigenvalue weighted by Crippen LogP contribution is 2.41. The molecule has 0 saturated heterocycles. The van der Waals surface area contributed by atoms with Gasteiger partial charge in [-0.25, -0.2) is 0 Å². The second kappa shape index (κ2) is 7.41. The topological polar surface area (TPSA) is 38.7 Å². The SMILES string of the molecule is COc1ccc(/C(O[Si](C)(C)C(C)(C)C)=C(\C)[C@@H](O)C(F)(F)F)cc1. The molecular weight excluding hydrogens is 349 g/mol. The van der Waals surface area contributed by atoms with E-state index < -0.39 is 20.6 Å². The second-order valence-electron chi connectivity index (χ2n) is 7.55. The summed E-state index contributed by atoms with van der Waals surface area (Å²) in [6.07, 6.45) is -7.33. The van der Waals surface area contributed by atoms with Crippen molar-refractivity contribution in [3.05, 3.63) is 35.4 Å². The molecule has 1 aromatic carbocycles. The highest BCUT2D eigenvalue weighted by Gasteiger charge is 2.43. The minimum atomic E-state index is -4.75. The Kier molecular flexibility index (Phi) is 6.40. The van der Waals surface area contributed by atoms with Gasteiger partial charge in [0.05, 0.1) is 7.11 Å². The zero-order chi connectivity index (χ0) is 19.6. The van der Waals surface area contributed by atoms with E-state index in [1.54, 1.807) is 24.3 Å². The molecule has 0 unspecified atom stereocenters. The standard InChI is InChI=1S/C18H27F3O3Si/c1-12(16(22)18(19,20)21)15(24-25(6,7)17(2,3)4)13-8-10-14(23-5)11-9-13/h8-11,16,22H,1-7H3/b15-12-/t16-/m1/s1. The van der Waals surface area contributed by atoms with Crippen LogP contribution in [-0.2, 0) is 4.43 Å². The average Bonchev–Trinajstić information content (AvgIpc) is 2.49. The van der Waals surface area contributed by atoms with E-state index in [0.29, 0.717) is 11.3 Å². The minimum absolute atomic E-state index is 0.0825. The van der Waals surface area contributed by atoms with Gasteiger partial charge in [-0.05, 0) is 49.3 Å². The fourth-order valence-corrected chi connectivity index (χ4v) is 2.98. The molecule has 0 aliphatic rings. The van der Waals surface area contributed by atoms with Gasteiger partial charge in [0, 0.05) is 11.1 Å². The van der Waals surface area contributed by atoms with Crippen molar-refractivity contribution in [1.29, 1.82) is 0 Å². The van der Waals surface area contributed by atoms with Crippen LogP contribution < -0.4 is 4.74 Å². The molecule has 1 atom stereocenters. The van der Waals surface area contributed by atoms with Crippen molar-refractivity contribution >= 4 is 14.1 Å². The van der Waals surface area contributed by atoms with E-state index >= 15 is 0 Å². The lowest BCUT2D eigenvalue weighted by Gasteiger charge is -2.38. The molecule has 0 radical (unpaired) electrons. The first-order valence-electron chi connectivity index (χ1n) is 7.99. The molecule has 0 bridgehead atoms. The van der Waals surface area contributed by atoms with Crippen LogP contribution in [0.5, 0.6) is 5.75 Å². The summed E-state index contributed by atoms with van der Waals surface area (Å²) < 4.78 is 50.3. The Morgan fingerprint density at radius 2 is 1.56 bits per heavy atom. The van der Waals surface area contributed by atoms with Crippen LogP contribution in [0.15, 0.2) is 29.8 Å². The first kappa shape index (κ1) is 21.6. The third kappa shape index (κ3) is 5.25.